The van der Waals surface area contributed by atoms with E-state index in [1.165, 1.54) is 0 Å². The fraction of sp³-hybridized carbons (Fsp3) is 0.0769. The number of H-pyrrole nitrogens is 1. The van der Waals surface area contributed by atoms with Crippen molar-refractivity contribution in [2.24, 2.45) is 0 Å². The van der Waals surface area contributed by atoms with Crippen molar-refractivity contribution in [2.75, 3.05) is 12.4 Å². The minimum absolute atomic E-state index is 0.306. The summed E-state index contributed by atoms with van der Waals surface area (Å²) >= 11 is 6.16. The zero-order chi connectivity index (χ0) is 22.1. The lowest BCUT2D eigenvalue weighted by atomic mass is 9.80. The largest absolute Gasteiger partial charge is 0.497 e. The van der Waals surface area contributed by atoms with Crippen molar-refractivity contribution >= 4 is 23.1 Å². The van der Waals surface area contributed by atoms with E-state index in [2.05, 4.69) is 21.6 Å². The predicted molar refractivity (Wildman–Crippen MR) is 126 cm³/mol. The van der Waals surface area contributed by atoms with Gasteiger partial charge in [-0.2, -0.15) is 10.4 Å². The first-order valence-electron chi connectivity index (χ1n) is 10.1. The molecule has 0 bridgehead atoms. The van der Waals surface area contributed by atoms with Gasteiger partial charge in [0.25, 0.3) is 0 Å². The maximum absolute atomic E-state index is 10.3. The summed E-state index contributed by atoms with van der Waals surface area (Å²) in [6.45, 7) is 0. The highest BCUT2D eigenvalue weighted by molar-refractivity contribution is 6.30. The fourth-order valence-corrected chi connectivity index (χ4v) is 4.25. The molecule has 2 N–H and O–H groups in total. The molecule has 0 spiro atoms. The van der Waals surface area contributed by atoms with E-state index < -0.39 is 0 Å². The summed E-state index contributed by atoms with van der Waals surface area (Å²) in [5.74, 6) is 1.17. The van der Waals surface area contributed by atoms with E-state index >= 15 is 0 Å². The van der Waals surface area contributed by atoms with E-state index in [1.54, 1.807) is 7.11 Å². The van der Waals surface area contributed by atoms with E-state index in [1.807, 2.05) is 78.9 Å². The molecule has 1 unspecified atom stereocenters. The third-order valence-corrected chi connectivity index (χ3v) is 5.91. The van der Waals surface area contributed by atoms with Crippen LogP contribution in [0.1, 0.15) is 22.6 Å². The van der Waals surface area contributed by atoms with Crippen LogP contribution < -0.4 is 10.1 Å². The average molecular weight is 439 g/mol. The van der Waals surface area contributed by atoms with E-state index in [0.717, 1.165) is 39.4 Å². The van der Waals surface area contributed by atoms with Crippen LogP contribution in [0.25, 0.3) is 17.0 Å². The van der Waals surface area contributed by atoms with Crippen LogP contribution in [0.3, 0.4) is 0 Å². The summed E-state index contributed by atoms with van der Waals surface area (Å²) < 4.78 is 5.30. The van der Waals surface area contributed by atoms with Crippen LogP contribution in [0.5, 0.6) is 5.75 Å². The molecule has 1 aliphatic heterocycles. The summed E-state index contributed by atoms with van der Waals surface area (Å²) in [7, 11) is 1.64. The lowest BCUT2D eigenvalue weighted by molar-refractivity contribution is 0.415. The van der Waals surface area contributed by atoms with Crippen molar-refractivity contribution in [1.29, 1.82) is 5.26 Å². The SMILES string of the molecule is COc1ccc(-c2[nH]nc3c2C(c2ccc(Cl)cc2)C(C#N)=C(c2ccccc2)N3)cc1. The molecule has 6 heteroatoms. The van der Waals surface area contributed by atoms with Crippen LogP contribution in [0, 0.1) is 11.3 Å². The van der Waals surface area contributed by atoms with Gasteiger partial charge in [-0.15, -0.1) is 0 Å². The van der Waals surface area contributed by atoms with E-state index in [0.29, 0.717) is 16.4 Å². The highest BCUT2D eigenvalue weighted by atomic mass is 35.5. The van der Waals surface area contributed by atoms with Crippen molar-refractivity contribution in [1.82, 2.24) is 10.2 Å². The number of nitrogens with one attached hydrogen (secondary N) is 2. The predicted octanol–water partition coefficient (Wildman–Crippen LogP) is 6.23. The summed E-state index contributed by atoms with van der Waals surface area (Å²) in [5, 5.41) is 22.1. The standard InChI is InChI=1S/C26H19ClN4O/c1-32-20-13-9-18(10-14-20)25-23-22(16-7-11-19(27)12-8-16)21(15-28)24(29-26(23)31-30-25)17-5-3-2-4-6-17/h2-14,22H,1H3,(H2,29,30,31). The Morgan fingerprint density at radius 1 is 0.938 bits per heavy atom. The number of benzene rings is 3. The molecule has 0 aliphatic carbocycles. The first kappa shape index (κ1) is 19.9. The second-order valence-electron chi connectivity index (χ2n) is 7.47. The fourth-order valence-electron chi connectivity index (χ4n) is 4.12. The summed E-state index contributed by atoms with van der Waals surface area (Å²) in [5.41, 5.74) is 6.03. The van der Waals surface area contributed by atoms with Gasteiger partial charge in [0.2, 0.25) is 0 Å². The number of methoxy groups -OCH3 is 1. The van der Waals surface area contributed by atoms with Crippen LogP contribution in [-0.2, 0) is 0 Å². The van der Waals surface area contributed by atoms with Gasteiger partial charge < -0.3 is 10.1 Å². The van der Waals surface area contributed by atoms with E-state index in [9.17, 15) is 5.26 Å². The Balaban J connectivity index is 1.73. The molecule has 0 fully saturated rings. The number of nitriles is 1. The van der Waals surface area contributed by atoms with Gasteiger partial charge in [0.1, 0.15) is 5.75 Å². The molecule has 5 nitrogen and oxygen atoms in total. The van der Waals surface area contributed by atoms with E-state index in [-0.39, 0.29) is 5.92 Å². The van der Waals surface area contributed by atoms with Crippen molar-refractivity contribution in [3.05, 3.63) is 106 Å². The van der Waals surface area contributed by atoms with Crippen molar-refractivity contribution in [2.45, 2.75) is 5.92 Å². The maximum Gasteiger partial charge on any atom is 0.157 e. The molecule has 2 heterocycles. The number of rotatable bonds is 4. The Bertz CT molecular complexity index is 1330. The number of nitrogens with zero attached hydrogens (tertiary/aromatic N) is 2. The summed E-state index contributed by atoms with van der Waals surface area (Å²) in [6.07, 6.45) is 0. The van der Waals surface area contributed by atoms with Gasteiger partial charge in [0, 0.05) is 16.1 Å². The van der Waals surface area contributed by atoms with Crippen molar-refractivity contribution < 1.29 is 4.74 Å². The molecular formula is C26H19ClN4O. The molecule has 0 radical (unpaired) electrons. The Morgan fingerprint density at radius 2 is 1.66 bits per heavy atom. The lowest BCUT2D eigenvalue weighted by Crippen LogP contribution is -2.17. The number of hydrogen-bond donors (Lipinski definition) is 2. The van der Waals surface area contributed by atoms with Gasteiger partial charge >= 0.3 is 0 Å². The second-order valence-corrected chi connectivity index (χ2v) is 7.90. The molecule has 32 heavy (non-hydrogen) atoms. The Morgan fingerprint density at radius 3 is 2.31 bits per heavy atom. The first-order chi connectivity index (χ1) is 15.7. The minimum Gasteiger partial charge on any atom is -0.497 e. The molecule has 1 aromatic heterocycles. The highest BCUT2D eigenvalue weighted by Crippen LogP contribution is 2.47. The van der Waals surface area contributed by atoms with Crippen LogP contribution >= 0.6 is 11.6 Å². The molecule has 3 aromatic carbocycles. The second kappa shape index (κ2) is 8.26. The Hall–Kier alpha value is -4.01. The molecule has 0 saturated carbocycles. The zero-order valence-electron chi connectivity index (χ0n) is 17.3. The number of anilines is 1. The maximum atomic E-state index is 10.3. The van der Waals surface area contributed by atoms with Gasteiger partial charge in [0.05, 0.1) is 36.1 Å². The molecule has 1 aliphatic rings. The number of halogens is 1. The van der Waals surface area contributed by atoms with Gasteiger partial charge in [-0.25, -0.2) is 0 Å². The molecule has 1 atom stereocenters. The number of hydrogen-bond acceptors (Lipinski definition) is 4. The summed E-state index contributed by atoms with van der Waals surface area (Å²) in [6, 6.07) is 27.7. The quantitative estimate of drug-likeness (QED) is 0.396. The Labute approximate surface area is 190 Å². The Kier molecular flexibility index (Phi) is 5.14. The molecular weight excluding hydrogens is 420 g/mol. The number of ether oxygens (including phenoxy) is 1. The monoisotopic (exact) mass is 438 g/mol. The van der Waals surface area contributed by atoms with Crippen LogP contribution in [0.2, 0.25) is 5.02 Å². The molecule has 0 saturated heterocycles. The topological polar surface area (TPSA) is 73.7 Å². The molecule has 4 aromatic rings. The smallest absolute Gasteiger partial charge is 0.157 e. The lowest BCUT2D eigenvalue weighted by Gasteiger charge is -2.27. The number of allylic oxidation sites excluding steroid dienone is 1. The molecule has 156 valence electrons. The first-order valence-corrected chi connectivity index (χ1v) is 10.5. The molecule has 5 rings (SSSR count). The molecule has 0 amide bonds. The average Bonchev–Trinajstić information content (AvgIpc) is 3.28. The van der Waals surface area contributed by atoms with Crippen molar-refractivity contribution in [3.8, 4) is 23.1 Å². The third-order valence-electron chi connectivity index (χ3n) is 5.66. The van der Waals surface area contributed by atoms with Gasteiger partial charge in [0.15, 0.2) is 5.82 Å². The van der Waals surface area contributed by atoms with Gasteiger partial charge in [-0.1, -0.05) is 54.1 Å². The van der Waals surface area contributed by atoms with Crippen LogP contribution in [-0.4, -0.2) is 17.3 Å². The van der Waals surface area contributed by atoms with Gasteiger partial charge in [-0.05, 0) is 47.5 Å². The van der Waals surface area contributed by atoms with Crippen LogP contribution in [0.15, 0.2) is 84.4 Å². The number of aromatic nitrogens is 2. The normalized spacial score (nSPS) is 15.0. The van der Waals surface area contributed by atoms with Gasteiger partial charge in [-0.3, -0.25) is 5.10 Å². The van der Waals surface area contributed by atoms with Crippen molar-refractivity contribution in [3.63, 3.8) is 0 Å². The van der Waals surface area contributed by atoms with Crippen LogP contribution in [0.4, 0.5) is 5.82 Å². The summed E-state index contributed by atoms with van der Waals surface area (Å²) in [4.78, 5) is 0. The zero-order valence-corrected chi connectivity index (χ0v) is 18.0. The third kappa shape index (κ3) is 3.41. The number of fused-ring (bicyclic) bond motifs is 1. The van der Waals surface area contributed by atoms with E-state index in [4.69, 9.17) is 16.3 Å². The number of aromatic amines is 1. The minimum atomic E-state index is -0.306. The highest BCUT2D eigenvalue weighted by Gasteiger charge is 2.34.